The van der Waals surface area contributed by atoms with Crippen LogP contribution in [0, 0.1) is 5.82 Å². The maximum Gasteiger partial charge on any atom is 0.222 e. The van der Waals surface area contributed by atoms with Gasteiger partial charge in [0.15, 0.2) is 9.84 Å². The molecule has 2 aliphatic rings. The number of nitrogens with one attached hydrogen (secondary N) is 1. The third-order valence-corrected chi connectivity index (χ3v) is 8.68. The summed E-state index contributed by atoms with van der Waals surface area (Å²) in [5.74, 6) is 0.357. The zero-order valence-corrected chi connectivity index (χ0v) is 19.3. The highest BCUT2D eigenvalue weighted by Gasteiger charge is 2.34. The minimum atomic E-state index is -2.90. The minimum Gasteiger partial charge on any atom is -0.354 e. The lowest BCUT2D eigenvalue weighted by molar-refractivity contribution is -0.133. The number of nitrogens with zero attached hydrogens (tertiary/aromatic N) is 2. The summed E-state index contributed by atoms with van der Waals surface area (Å²) < 4.78 is 37.0. The number of sulfone groups is 1. The van der Waals surface area contributed by atoms with E-state index in [0.717, 1.165) is 40.8 Å². The summed E-state index contributed by atoms with van der Waals surface area (Å²) in [5.41, 5.74) is 3.89. The van der Waals surface area contributed by atoms with E-state index in [1.54, 1.807) is 12.1 Å². The van der Waals surface area contributed by atoms with E-state index in [0.29, 0.717) is 32.4 Å². The Kier molecular flexibility index (Phi) is 5.97. The van der Waals surface area contributed by atoms with E-state index in [1.807, 2.05) is 29.2 Å². The molecule has 1 amide bonds. The van der Waals surface area contributed by atoms with Crippen LogP contribution in [0.25, 0.3) is 22.2 Å². The number of carbonyl (C=O) groups is 1. The van der Waals surface area contributed by atoms with Crippen molar-refractivity contribution in [2.75, 3.05) is 37.7 Å². The van der Waals surface area contributed by atoms with Crippen LogP contribution >= 0.6 is 0 Å². The Morgan fingerprint density at radius 1 is 1.03 bits per heavy atom. The first kappa shape index (κ1) is 22.1. The highest BCUT2D eigenvalue weighted by molar-refractivity contribution is 7.91. The van der Waals surface area contributed by atoms with E-state index in [-0.39, 0.29) is 29.3 Å². The van der Waals surface area contributed by atoms with Gasteiger partial charge in [-0.2, -0.15) is 0 Å². The molecule has 2 fully saturated rings. The van der Waals surface area contributed by atoms with Crippen molar-refractivity contribution in [3.63, 3.8) is 0 Å². The second-order valence-corrected chi connectivity index (χ2v) is 11.2. The molecule has 0 radical (unpaired) electrons. The molecule has 2 aromatic carbocycles. The van der Waals surface area contributed by atoms with Crippen LogP contribution in [-0.4, -0.2) is 72.8 Å². The molecule has 8 heteroatoms. The summed E-state index contributed by atoms with van der Waals surface area (Å²) in [6.07, 6.45) is 1.69. The molecule has 0 bridgehead atoms. The highest BCUT2D eigenvalue weighted by Crippen LogP contribution is 2.31. The number of piperazine rings is 1. The zero-order chi connectivity index (χ0) is 23.0. The Labute approximate surface area is 193 Å². The molecule has 3 heterocycles. The molecule has 1 aromatic heterocycles. The van der Waals surface area contributed by atoms with E-state index < -0.39 is 9.84 Å². The number of aromatic nitrogens is 1. The molecule has 2 aliphatic heterocycles. The van der Waals surface area contributed by atoms with Gasteiger partial charge in [0.2, 0.25) is 5.91 Å². The molecule has 0 unspecified atom stereocenters. The fourth-order valence-electron chi connectivity index (χ4n) is 5.11. The van der Waals surface area contributed by atoms with E-state index >= 15 is 0 Å². The summed E-state index contributed by atoms with van der Waals surface area (Å²) in [4.78, 5) is 20.6. The standard InChI is InChI=1S/C25H28FN3O3S/c26-19-7-5-18(6-8-19)25-22(21-3-1-2-4-23(21)27-25)9-10-24(30)29-14-12-28(13-15-29)20-11-16-33(31,32)17-20/h1-8,20,27H,9-17H2/t20-/m1/s1. The first-order valence-corrected chi connectivity index (χ1v) is 13.3. The average molecular weight is 470 g/mol. The van der Waals surface area contributed by atoms with Gasteiger partial charge < -0.3 is 9.88 Å². The predicted octanol–water partition coefficient (Wildman–Crippen LogP) is 3.24. The Morgan fingerprint density at radius 2 is 1.76 bits per heavy atom. The molecule has 3 aromatic rings. The Balaban J connectivity index is 1.26. The van der Waals surface area contributed by atoms with Crippen LogP contribution in [-0.2, 0) is 21.1 Å². The number of H-pyrrole nitrogens is 1. The van der Waals surface area contributed by atoms with Gasteiger partial charge in [-0.25, -0.2) is 12.8 Å². The number of amides is 1. The van der Waals surface area contributed by atoms with Gasteiger partial charge >= 0.3 is 0 Å². The van der Waals surface area contributed by atoms with Crippen LogP contribution in [0.3, 0.4) is 0 Å². The molecule has 6 nitrogen and oxygen atoms in total. The van der Waals surface area contributed by atoms with Gasteiger partial charge in [0.1, 0.15) is 5.82 Å². The van der Waals surface area contributed by atoms with Crippen LogP contribution in [0.2, 0.25) is 0 Å². The summed E-state index contributed by atoms with van der Waals surface area (Å²) in [6.45, 7) is 2.71. The van der Waals surface area contributed by atoms with Gasteiger partial charge in [0.25, 0.3) is 0 Å². The van der Waals surface area contributed by atoms with Crippen molar-refractivity contribution in [1.82, 2.24) is 14.8 Å². The third-order valence-electron chi connectivity index (χ3n) is 6.93. The van der Waals surface area contributed by atoms with Gasteiger partial charge in [-0.15, -0.1) is 0 Å². The smallest absolute Gasteiger partial charge is 0.222 e. The van der Waals surface area contributed by atoms with Gasteiger partial charge in [0.05, 0.1) is 11.5 Å². The summed E-state index contributed by atoms with van der Waals surface area (Å²) in [7, 11) is -2.90. The molecule has 1 atom stereocenters. The largest absolute Gasteiger partial charge is 0.354 e. The van der Waals surface area contributed by atoms with Gasteiger partial charge in [-0.05, 0) is 54.3 Å². The Bertz CT molecular complexity index is 1260. The summed E-state index contributed by atoms with van der Waals surface area (Å²) in [5, 5.41) is 1.08. The second-order valence-electron chi connectivity index (χ2n) is 9.00. The lowest BCUT2D eigenvalue weighted by Gasteiger charge is -2.37. The number of carbonyl (C=O) groups excluding carboxylic acids is 1. The number of aryl methyl sites for hydroxylation is 1. The minimum absolute atomic E-state index is 0.0942. The third kappa shape index (κ3) is 4.68. The van der Waals surface area contributed by atoms with Crippen molar-refractivity contribution in [2.45, 2.75) is 25.3 Å². The maximum absolute atomic E-state index is 13.4. The topological polar surface area (TPSA) is 73.5 Å². The van der Waals surface area contributed by atoms with E-state index in [1.165, 1.54) is 12.1 Å². The molecule has 0 saturated carbocycles. The van der Waals surface area contributed by atoms with Crippen molar-refractivity contribution in [1.29, 1.82) is 0 Å². The van der Waals surface area contributed by atoms with E-state index in [4.69, 9.17) is 0 Å². The molecule has 0 aliphatic carbocycles. The lowest BCUT2D eigenvalue weighted by atomic mass is 10.0. The van der Waals surface area contributed by atoms with Crippen LogP contribution in [0.1, 0.15) is 18.4 Å². The second kappa shape index (κ2) is 8.91. The number of halogens is 1. The molecular weight excluding hydrogens is 441 g/mol. The molecule has 0 spiro atoms. The van der Waals surface area contributed by atoms with Crippen molar-refractivity contribution < 1.29 is 17.6 Å². The number of para-hydroxylation sites is 1. The Morgan fingerprint density at radius 3 is 2.45 bits per heavy atom. The first-order valence-electron chi connectivity index (χ1n) is 11.5. The van der Waals surface area contributed by atoms with Crippen molar-refractivity contribution in [3.05, 3.63) is 59.9 Å². The fraction of sp³-hybridized carbons (Fsp3) is 0.400. The van der Waals surface area contributed by atoms with Gasteiger partial charge in [-0.3, -0.25) is 9.69 Å². The van der Waals surface area contributed by atoms with Crippen LogP contribution < -0.4 is 0 Å². The molecule has 2 saturated heterocycles. The highest BCUT2D eigenvalue weighted by atomic mass is 32.2. The molecular formula is C25H28FN3O3S. The lowest BCUT2D eigenvalue weighted by Crippen LogP contribution is -2.52. The first-order chi connectivity index (χ1) is 15.9. The number of aromatic amines is 1. The zero-order valence-electron chi connectivity index (χ0n) is 18.5. The maximum atomic E-state index is 13.4. The number of benzene rings is 2. The number of rotatable bonds is 5. The number of hydrogen-bond donors (Lipinski definition) is 1. The van der Waals surface area contributed by atoms with Crippen LogP contribution in [0.4, 0.5) is 4.39 Å². The van der Waals surface area contributed by atoms with E-state index in [9.17, 15) is 17.6 Å². The monoisotopic (exact) mass is 469 g/mol. The molecule has 5 rings (SSSR count). The molecule has 33 heavy (non-hydrogen) atoms. The van der Waals surface area contributed by atoms with Gasteiger partial charge in [-0.1, -0.05) is 18.2 Å². The number of fused-ring (bicyclic) bond motifs is 1. The van der Waals surface area contributed by atoms with Crippen molar-refractivity contribution in [3.8, 4) is 11.3 Å². The van der Waals surface area contributed by atoms with E-state index in [2.05, 4.69) is 9.88 Å². The van der Waals surface area contributed by atoms with Crippen molar-refractivity contribution in [2.24, 2.45) is 0 Å². The molecule has 174 valence electrons. The predicted molar refractivity (Wildman–Crippen MR) is 127 cm³/mol. The Hall–Kier alpha value is -2.71. The van der Waals surface area contributed by atoms with Crippen LogP contribution in [0.15, 0.2) is 48.5 Å². The van der Waals surface area contributed by atoms with Crippen molar-refractivity contribution >= 4 is 26.6 Å². The van der Waals surface area contributed by atoms with Gasteiger partial charge in [0, 0.05) is 55.2 Å². The normalized spacial score (nSPS) is 21.0. The van der Waals surface area contributed by atoms with Crippen LogP contribution in [0.5, 0.6) is 0 Å². The molecule has 1 N–H and O–H groups in total. The quantitative estimate of drug-likeness (QED) is 0.623. The number of hydrogen-bond acceptors (Lipinski definition) is 4. The summed E-state index contributed by atoms with van der Waals surface area (Å²) in [6, 6.07) is 14.5. The SMILES string of the molecule is O=C(CCc1c(-c2ccc(F)cc2)[nH]c2ccccc12)N1CCN([C@@H]2CCS(=O)(=O)C2)CC1. The fourth-order valence-corrected chi connectivity index (χ4v) is 6.87. The summed E-state index contributed by atoms with van der Waals surface area (Å²) >= 11 is 0. The average Bonchev–Trinajstić information content (AvgIpc) is 3.38.